The first kappa shape index (κ1) is 11.1. The average molecular weight is 222 g/mol. The van der Waals surface area contributed by atoms with Crippen LogP contribution in [0.4, 0.5) is 11.8 Å². The molecule has 1 aliphatic rings. The maximum absolute atomic E-state index is 5.67. The predicted molar refractivity (Wildman–Crippen MR) is 63.4 cm³/mol. The van der Waals surface area contributed by atoms with Gasteiger partial charge in [0.05, 0.1) is 18.8 Å². The molecule has 2 atom stereocenters. The summed E-state index contributed by atoms with van der Waals surface area (Å²) < 4.78 is 5.59. The molecule has 2 heterocycles. The van der Waals surface area contributed by atoms with Crippen LogP contribution in [-0.2, 0) is 4.74 Å². The van der Waals surface area contributed by atoms with Crippen molar-refractivity contribution in [3.05, 3.63) is 11.8 Å². The van der Waals surface area contributed by atoms with E-state index in [2.05, 4.69) is 28.7 Å². The highest BCUT2D eigenvalue weighted by Gasteiger charge is 2.24. The molecule has 1 saturated heterocycles. The van der Waals surface area contributed by atoms with Crippen molar-refractivity contribution in [3.8, 4) is 0 Å². The van der Waals surface area contributed by atoms with E-state index in [0.29, 0.717) is 12.0 Å². The largest absolute Gasteiger partial charge is 0.375 e. The second-order valence-electron chi connectivity index (χ2n) is 4.37. The molecule has 0 radical (unpaired) electrons. The van der Waals surface area contributed by atoms with E-state index in [9.17, 15) is 0 Å². The fourth-order valence-corrected chi connectivity index (χ4v) is 1.94. The Morgan fingerprint density at radius 3 is 2.88 bits per heavy atom. The summed E-state index contributed by atoms with van der Waals surface area (Å²) >= 11 is 0. The second kappa shape index (κ2) is 4.25. The van der Waals surface area contributed by atoms with Crippen LogP contribution in [0.3, 0.4) is 0 Å². The average Bonchev–Trinajstić information content (AvgIpc) is 2.20. The number of aromatic nitrogens is 2. The molecule has 88 valence electrons. The highest BCUT2D eigenvalue weighted by atomic mass is 16.5. The number of ether oxygens (including phenoxy) is 1. The van der Waals surface area contributed by atoms with E-state index < -0.39 is 0 Å². The van der Waals surface area contributed by atoms with Crippen molar-refractivity contribution in [1.82, 2.24) is 9.97 Å². The smallest absolute Gasteiger partial charge is 0.222 e. The minimum atomic E-state index is 0.229. The summed E-state index contributed by atoms with van der Waals surface area (Å²) in [6, 6.07) is 2.29. The molecule has 5 nitrogen and oxygen atoms in total. The molecule has 5 heteroatoms. The second-order valence-corrected chi connectivity index (χ2v) is 4.37. The van der Waals surface area contributed by atoms with Crippen molar-refractivity contribution in [1.29, 1.82) is 0 Å². The Kier molecular flexibility index (Phi) is 2.96. The molecule has 0 saturated carbocycles. The van der Waals surface area contributed by atoms with Crippen LogP contribution in [-0.4, -0.2) is 35.3 Å². The van der Waals surface area contributed by atoms with E-state index in [0.717, 1.165) is 24.7 Å². The number of hydrogen-bond acceptors (Lipinski definition) is 5. The molecule has 16 heavy (non-hydrogen) atoms. The van der Waals surface area contributed by atoms with Gasteiger partial charge in [-0.1, -0.05) is 0 Å². The summed E-state index contributed by atoms with van der Waals surface area (Å²) in [6.45, 7) is 7.69. The number of rotatable bonds is 1. The highest BCUT2D eigenvalue weighted by Crippen LogP contribution is 2.20. The zero-order valence-corrected chi connectivity index (χ0v) is 9.97. The van der Waals surface area contributed by atoms with Crippen LogP contribution in [0.1, 0.15) is 19.5 Å². The van der Waals surface area contributed by atoms with Gasteiger partial charge in [-0.3, -0.25) is 0 Å². The van der Waals surface area contributed by atoms with Crippen LogP contribution < -0.4 is 10.6 Å². The van der Waals surface area contributed by atoms with Crippen LogP contribution in [0.5, 0.6) is 0 Å². The lowest BCUT2D eigenvalue weighted by atomic mass is 10.2. The topological polar surface area (TPSA) is 64.3 Å². The van der Waals surface area contributed by atoms with Crippen LogP contribution in [0.15, 0.2) is 6.07 Å². The lowest BCUT2D eigenvalue weighted by Crippen LogP contribution is -2.47. The third-order valence-electron chi connectivity index (χ3n) is 2.76. The van der Waals surface area contributed by atoms with Gasteiger partial charge < -0.3 is 15.4 Å². The zero-order valence-electron chi connectivity index (χ0n) is 9.97. The monoisotopic (exact) mass is 222 g/mol. The van der Waals surface area contributed by atoms with Gasteiger partial charge in [0.15, 0.2) is 0 Å². The van der Waals surface area contributed by atoms with Gasteiger partial charge in [-0.15, -0.1) is 0 Å². The van der Waals surface area contributed by atoms with E-state index in [-0.39, 0.29) is 6.10 Å². The molecular formula is C11H18N4O. The van der Waals surface area contributed by atoms with E-state index >= 15 is 0 Å². The van der Waals surface area contributed by atoms with Crippen molar-refractivity contribution in [2.75, 3.05) is 23.8 Å². The van der Waals surface area contributed by atoms with Gasteiger partial charge in [0.2, 0.25) is 5.95 Å². The molecule has 1 aromatic heterocycles. The lowest BCUT2D eigenvalue weighted by Gasteiger charge is -2.37. The first-order valence-corrected chi connectivity index (χ1v) is 5.55. The Balaban J connectivity index is 2.27. The predicted octanol–water partition coefficient (Wildman–Crippen LogP) is 0.981. The molecule has 1 aromatic rings. The van der Waals surface area contributed by atoms with Crippen LogP contribution in [0.25, 0.3) is 0 Å². The van der Waals surface area contributed by atoms with Crippen LogP contribution >= 0.6 is 0 Å². The number of morpholine rings is 1. The number of hydrogen-bond donors (Lipinski definition) is 1. The minimum Gasteiger partial charge on any atom is -0.375 e. The molecule has 1 aliphatic heterocycles. The third-order valence-corrected chi connectivity index (χ3v) is 2.76. The highest BCUT2D eigenvalue weighted by molar-refractivity contribution is 5.44. The minimum absolute atomic E-state index is 0.229. The van der Waals surface area contributed by atoms with Gasteiger partial charge in [0.25, 0.3) is 0 Å². The molecule has 1 fully saturated rings. The number of nitrogens with zero attached hydrogens (tertiary/aromatic N) is 3. The first-order valence-electron chi connectivity index (χ1n) is 5.55. The molecule has 2 N–H and O–H groups in total. The summed E-state index contributed by atoms with van der Waals surface area (Å²) in [5.74, 6) is 1.23. The van der Waals surface area contributed by atoms with Crippen LogP contribution in [0, 0.1) is 6.92 Å². The van der Waals surface area contributed by atoms with Crippen molar-refractivity contribution >= 4 is 11.8 Å². The van der Waals surface area contributed by atoms with Gasteiger partial charge in [-0.25, -0.2) is 4.98 Å². The van der Waals surface area contributed by atoms with Crippen LogP contribution in [0.2, 0.25) is 0 Å². The Hall–Kier alpha value is -1.36. The van der Waals surface area contributed by atoms with E-state index in [1.165, 1.54) is 0 Å². The molecule has 2 rings (SSSR count). The summed E-state index contributed by atoms with van der Waals surface area (Å²) in [4.78, 5) is 10.6. The summed E-state index contributed by atoms with van der Waals surface area (Å²) in [6.07, 6.45) is 0.229. The Bertz CT molecular complexity index is 362. The quantitative estimate of drug-likeness (QED) is 0.767. The van der Waals surface area contributed by atoms with Gasteiger partial charge in [-0.2, -0.15) is 4.98 Å². The number of nitrogens with two attached hydrogens (primary N) is 1. The van der Waals surface area contributed by atoms with Crippen molar-refractivity contribution < 1.29 is 4.74 Å². The normalized spacial score (nSPS) is 25.8. The van der Waals surface area contributed by atoms with Gasteiger partial charge in [0.1, 0.15) is 5.82 Å². The summed E-state index contributed by atoms with van der Waals surface area (Å²) in [7, 11) is 0. The number of anilines is 2. The molecule has 0 bridgehead atoms. The van der Waals surface area contributed by atoms with Crippen molar-refractivity contribution in [2.24, 2.45) is 0 Å². The van der Waals surface area contributed by atoms with Crippen molar-refractivity contribution in [2.45, 2.75) is 32.9 Å². The first-order chi connectivity index (χ1) is 7.56. The molecule has 0 spiro atoms. The lowest BCUT2D eigenvalue weighted by molar-refractivity contribution is 0.0340. The third kappa shape index (κ3) is 2.24. The zero-order chi connectivity index (χ0) is 11.7. The fourth-order valence-electron chi connectivity index (χ4n) is 1.94. The number of aryl methyl sites for hydroxylation is 1. The SMILES string of the molecule is Cc1cc(N2CC(C)OCC2C)nc(N)n1. The molecule has 0 amide bonds. The van der Waals surface area contributed by atoms with E-state index in [1.807, 2.05) is 13.0 Å². The van der Waals surface area contributed by atoms with Crippen molar-refractivity contribution in [3.63, 3.8) is 0 Å². The van der Waals surface area contributed by atoms with Gasteiger partial charge >= 0.3 is 0 Å². The molecule has 0 aliphatic carbocycles. The maximum Gasteiger partial charge on any atom is 0.222 e. The van der Waals surface area contributed by atoms with E-state index in [4.69, 9.17) is 10.5 Å². The molecule has 2 unspecified atom stereocenters. The Morgan fingerprint density at radius 1 is 1.44 bits per heavy atom. The van der Waals surface area contributed by atoms with Gasteiger partial charge in [0, 0.05) is 18.3 Å². The summed E-state index contributed by atoms with van der Waals surface area (Å²) in [5, 5.41) is 0. The maximum atomic E-state index is 5.67. The summed E-state index contributed by atoms with van der Waals surface area (Å²) in [5.41, 5.74) is 6.56. The van der Waals surface area contributed by atoms with E-state index in [1.54, 1.807) is 0 Å². The molecular weight excluding hydrogens is 204 g/mol. The van der Waals surface area contributed by atoms with Gasteiger partial charge in [-0.05, 0) is 20.8 Å². The Morgan fingerprint density at radius 2 is 2.19 bits per heavy atom. The molecule has 0 aromatic carbocycles. The fraction of sp³-hybridized carbons (Fsp3) is 0.636. The number of nitrogen functional groups attached to an aromatic ring is 1. The standard InChI is InChI=1S/C11H18N4O/c1-7-4-10(14-11(12)13-7)15-5-9(3)16-6-8(15)2/h4,8-9H,5-6H2,1-3H3,(H2,12,13,14). The Labute approximate surface area is 95.6 Å².